The minimum atomic E-state index is -0.423. The van der Waals surface area contributed by atoms with Gasteiger partial charge in [0.05, 0.1) is 6.42 Å². The second-order valence-corrected chi connectivity index (χ2v) is 5.28. The first-order valence-corrected chi connectivity index (χ1v) is 6.08. The lowest BCUT2D eigenvalue weighted by Crippen LogP contribution is -2.32. The maximum atomic E-state index is 11.5. The van der Waals surface area contributed by atoms with E-state index in [-0.39, 0.29) is 11.9 Å². The van der Waals surface area contributed by atoms with Gasteiger partial charge in [0.25, 0.3) is 0 Å². The summed E-state index contributed by atoms with van der Waals surface area (Å²) < 4.78 is 5.23. The van der Waals surface area contributed by atoms with Gasteiger partial charge in [-0.1, -0.05) is 0 Å². The van der Waals surface area contributed by atoms with Crippen LogP contribution in [-0.2, 0) is 14.3 Å². The van der Waals surface area contributed by atoms with Crippen molar-refractivity contribution in [3.05, 3.63) is 0 Å². The van der Waals surface area contributed by atoms with Gasteiger partial charge in [-0.25, -0.2) is 0 Å². The van der Waals surface area contributed by atoms with Crippen LogP contribution >= 0.6 is 0 Å². The highest BCUT2D eigenvalue weighted by molar-refractivity contribution is 5.76. The standard InChI is InChI=1S/C12H22N2O3/c1-12(2,3)17-11(16)5-8-14-7-4-10(15)13-6-9-14/h4-9H2,1-3H3,(H,13,15). The minimum Gasteiger partial charge on any atom is -0.460 e. The molecule has 1 aliphatic heterocycles. The Morgan fingerprint density at radius 3 is 2.76 bits per heavy atom. The summed E-state index contributed by atoms with van der Waals surface area (Å²) in [4.78, 5) is 24.8. The zero-order valence-corrected chi connectivity index (χ0v) is 10.9. The fourth-order valence-corrected chi connectivity index (χ4v) is 1.68. The molecule has 0 aromatic rings. The van der Waals surface area contributed by atoms with Crippen molar-refractivity contribution in [1.29, 1.82) is 0 Å². The largest absolute Gasteiger partial charge is 0.460 e. The van der Waals surface area contributed by atoms with Crippen molar-refractivity contribution in [3.8, 4) is 0 Å². The molecule has 0 atom stereocenters. The quantitative estimate of drug-likeness (QED) is 0.734. The van der Waals surface area contributed by atoms with E-state index >= 15 is 0 Å². The summed E-state index contributed by atoms with van der Waals surface area (Å²) in [6.07, 6.45) is 0.889. The first kappa shape index (κ1) is 14.0. The van der Waals surface area contributed by atoms with Crippen molar-refractivity contribution in [3.63, 3.8) is 0 Å². The van der Waals surface area contributed by atoms with Crippen LogP contribution in [0.5, 0.6) is 0 Å². The average Bonchev–Trinajstić information content (AvgIpc) is 2.37. The molecule has 1 aliphatic rings. The van der Waals surface area contributed by atoms with Crippen LogP contribution in [0.4, 0.5) is 0 Å². The van der Waals surface area contributed by atoms with Crippen LogP contribution in [0.15, 0.2) is 0 Å². The Labute approximate surface area is 102 Å². The van der Waals surface area contributed by atoms with Gasteiger partial charge in [0.2, 0.25) is 5.91 Å². The van der Waals surface area contributed by atoms with E-state index in [9.17, 15) is 9.59 Å². The van der Waals surface area contributed by atoms with E-state index in [1.54, 1.807) is 0 Å². The van der Waals surface area contributed by atoms with Crippen LogP contribution in [0.3, 0.4) is 0 Å². The van der Waals surface area contributed by atoms with Crippen molar-refractivity contribution in [2.75, 3.05) is 26.2 Å². The van der Waals surface area contributed by atoms with E-state index in [4.69, 9.17) is 4.74 Å². The Morgan fingerprint density at radius 1 is 1.41 bits per heavy atom. The molecule has 5 nitrogen and oxygen atoms in total. The molecule has 17 heavy (non-hydrogen) atoms. The van der Waals surface area contributed by atoms with Crippen molar-refractivity contribution in [2.45, 2.75) is 39.2 Å². The maximum absolute atomic E-state index is 11.5. The van der Waals surface area contributed by atoms with Gasteiger partial charge in [-0.2, -0.15) is 0 Å². The summed E-state index contributed by atoms with van der Waals surface area (Å²) in [5, 5.41) is 2.80. The molecule has 0 spiro atoms. The van der Waals surface area contributed by atoms with Gasteiger partial charge in [-0.05, 0) is 20.8 Å². The number of hydrogen-bond donors (Lipinski definition) is 1. The van der Waals surface area contributed by atoms with E-state index in [2.05, 4.69) is 10.2 Å². The Kier molecular flexibility index (Phi) is 4.93. The fraction of sp³-hybridized carbons (Fsp3) is 0.833. The van der Waals surface area contributed by atoms with E-state index in [0.29, 0.717) is 32.5 Å². The van der Waals surface area contributed by atoms with Crippen LogP contribution in [-0.4, -0.2) is 48.6 Å². The molecule has 1 fully saturated rings. The predicted octanol–water partition coefficient (Wildman–Crippen LogP) is 0.540. The van der Waals surface area contributed by atoms with E-state index in [1.165, 1.54) is 0 Å². The lowest BCUT2D eigenvalue weighted by Gasteiger charge is -2.22. The van der Waals surface area contributed by atoms with Gasteiger partial charge in [-0.15, -0.1) is 0 Å². The van der Waals surface area contributed by atoms with Gasteiger partial charge in [0, 0.05) is 32.6 Å². The number of rotatable bonds is 3. The van der Waals surface area contributed by atoms with Crippen molar-refractivity contribution in [1.82, 2.24) is 10.2 Å². The smallest absolute Gasteiger partial charge is 0.307 e. The molecular weight excluding hydrogens is 220 g/mol. The predicted molar refractivity (Wildman–Crippen MR) is 64.5 cm³/mol. The van der Waals surface area contributed by atoms with Crippen LogP contribution < -0.4 is 5.32 Å². The SMILES string of the molecule is CC(C)(C)OC(=O)CCN1CCNC(=O)CC1. The third kappa shape index (κ3) is 6.26. The Balaban J connectivity index is 2.25. The van der Waals surface area contributed by atoms with Gasteiger partial charge < -0.3 is 15.0 Å². The summed E-state index contributed by atoms with van der Waals surface area (Å²) >= 11 is 0. The summed E-state index contributed by atoms with van der Waals surface area (Å²) in [7, 11) is 0. The van der Waals surface area contributed by atoms with Crippen LogP contribution in [0.2, 0.25) is 0 Å². The van der Waals surface area contributed by atoms with Crippen LogP contribution in [0.25, 0.3) is 0 Å². The van der Waals surface area contributed by atoms with Crippen molar-refractivity contribution in [2.24, 2.45) is 0 Å². The number of esters is 1. The lowest BCUT2D eigenvalue weighted by atomic mass is 10.2. The van der Waals surface area contributed by atoms with Gasteiger partial charge in [-0.3, -0.25) is 9.59 Å². The van der Waals surface area contributed by atoms with E-state index < -0.39 is 5.60 Å². The molecule has 1 heterocycles. The second kappa shape index (κ2) is 6.00. The van der Waals surface area contributed by atoms with Crippen molar-refractivity contribution < 1.29 is 14.3 Å². The molecule has 0 saturated carbocycles. The van der Waals surface area contributed by atoms with Crippen molar-refractivity contribution >= 4 is 11.9 Å². The zero-order chi connectivity index (χ0) is 12.9. The molecule has 98 valence electrons. The highest BCUT2D eigenvalue weighted by atomic mass is 16.6. The summed E-state index contributed by atoms with van der Waals surface area (Å²) in [6, 6.07) is 0. The monoisotopic (exact) mass is 242 g/mol. The average molecular weight is 242 g/mol. The Bertz CT molecular complexity index is 284. The molecule has 0 radical (unpaired) electrons. The molecule has 1 saturated heterocycles. The Hall–Kier alpha value is -1.10. The minimum absolute atomic E-state index is 0.0877. The summed E-state index contributed by atoms with van der Waals surface area (Å²) in [5.41, 5.74) is -0.423. The molecule has 0 bridgehead atoms. The normalized spacial score (nSPS) is 18.4. The number of ether oxygens (including phenoxy) is 1. The lowest BCUT2D eigenvalue weighted by molar-refractivity contribution is -0.155. The first-order chi connectivity index (χ1) is 7.87. The molecule has 0 aromatic carbocycles. The van der Waals surface area contributed by atoms with E-state index in [1.807, 2.05) is 20.8 Å². The highest BCUT2D eigenvalue weighted by Gasteiger charge is 2.18. The van der Waals surface area contributed by atoms with Crippen LogP contribution in [0, 0.1) is 0 Å². The number of carbonyl (C=O) groups excluding carboxylic acids is 2. The highest BCUT2D eigenvalue weighted by Crippen LogP contribution is 2.08. The fourth-order valence-electron chi connectivity index (χ4n) is 1.68. The molecule has 0 unspecified atom stereocenters. The summed E-state index contributed by atoms with van der Waals surface area (Å²) in [5.74, 6) is -0.0919. The molecule has 1 rings (SSSR count). The van der Waals surface area contributed by atoms with Gasteiger partial charge in [0.1, 0.15) is 5.60 Å². The van der Waals surface area contributed by atoms with Crippen LogP contribution in [0.1, 0.15) is 33.6 Å². The first-order valence-electron chi connectivity index (χ1n) is 6.08. The van der Waals surface area contributed by atoms with Gasteiger partial charge in [0.15, 0.2) is 0 Å². The number of hydrogen-bond acceptors (Lipinski definition) is 4. The third-order valence-corrected chi connectivity index (χ3v) is 2.46. The third-order valence-electron chi connectivity index (χ3n) is 2.46. The molecule has 0 aliphatic carbocycles. The number of amides is 1. The molecule has 1 amide bonds. The van der Waals surface area contributed by atoms with E-state index in [0.717, 1.165) is 6.54 Å². The molecular formula is C12H22N2O3. The molecule has 1 N–H and O–H groups in total. The van der Waals surface area contributed by atoms with Gasteiger partial charge >= 0.3 is 5.97 Å². The number of nitrogens with zero attached hydrogens (tertiary/aromatic N) is 1. The molecule has 0 aromatic heterocycles. The zero-order valence-electron chi connectivity index (χ0n) is 10.9. The molecule has 5 heteroatoms. The maximum Gasteiger partial charge on any atom is 0.307 e. The second-order valence-electron chi connectivity index (χ2n) is 5.28. The Morgan fingerprint density at radius 2 is 2.12 bits per heavy atom. The number of nitrogens with one attached hydrogen (secondary N) is 1. The number of carbonyl (C=O) groups is 2. The summed E-state index contributed by atoms with van der Waals surface area (Å²) in [6.45, 7) is 8.42. The topological polar surface area (TPSA) is 58.6 Å².